The molecule has 0 aromatic carbocycles. The van der Waals surface area contributed by atoms with Gasteiger partial charge in [-0.2, -0.15) is 0 Å². The van der Waals surface area contributed by atoms with Crippen molar-refractivity contribution in [3.63, 3.8) is 0 Å². The molecule has 0 aromatic heterocycles. The van der Waals surface area contributed by atoms with Gasteiger partial charge in [-0.15, -0.1) is 0 Å². The zero-order valence-electron chi connectivity index (χ0n) is 4.87. The molecule has 0 amide bonds. The van der Waals surface area contributed by atoms with Crippen molar-refractivity contribution < 1.29 is 0 Å². The predicted octanol–water partition coefficient (Wildman–Crippen LogP) is 2.20. The number of halogens is 1. The summed E-state index contributed by atoms with van der Waals surface area (Å²) >= 11 is 4.05. The minimum absolute atomic E-state index is 0.837. The number of rotatable bonds is 2. The molecule has 0 rings (SSSR count). The first-order chi connectivity index (χ1) is 3.12. The van der Waals surface area contributed by atoms with Crippen LogP contribution in [0.15, 0.2) is 11.5 Å². The Morgan fingerprint density at radius 3 is 2.14 bits per heavy atom. The second kappa shape index (κ2) is 2.78. The van der Waals surface area contributed by atoms with E-state index in [-0.39, 0.29) is 0 Å². The zero-order chi connectivity index (χ0) is 5.91. The van der Waals surface area contributed by atoms with Crippen molar-refractivity contribution >= 4 is 24.9 Å². The molecule has 0 nitrogen and oxygen atoms in total. The van der Waals surface area contributed by atoms with Gasteiger partial charge in [-0.3, -0.25) is 0 Å². The van der Waals surface area contributed by atoms with E-state index in [0.717, 1.165) is 4.71 Å². The van der Waals surface area contributed by atoms with Crippen LogP contribution >= 0.6 is 11.6 Å². The topological polar surface area (TPSA) is 0 Å². The molecule has 0 aliphatic heterocycles. The van der Waals surface area contributed by atoms with Crippen LogP contribution in [0.25, 0.3) is 0 Å². The van der Waals surface area contributed by atoms with Crippen LogP contribution in [0.1, 0.15) is 0 Å². The number of alkyl halides is 1. The van der Waals surface area contributed by atoms with Crippen molar-refractivity contribution in [1.82, 2.24) is 0 Å². The summed E-state index contributed by atoms with van der Waals surface area (Å²) in [6, 6.07) is 0. The minimum atomic E-state index is -1.55. The van der Waals surface area contributed by atoms with E-state index in [1.165, 1.54) is 0 Å². The van der Waals surface area contributed by atoms with Gasteiger partial charge in [-0.1, -0.05) is 0 Å². The molecule has 0 bridgehead atoms. The third-order valence-corrected chi connectivity index (χ3v) is 8.24. The maximum atomic E-state index is 5.61. The Bertz CT molecular complexity index is 68.5. The quantitative estimate of drug-likeness (QED) is 0.450. The van der Waals surface area contributed by atoms with Crippen molar-refractivity contribution in [2.75, 3.05) is 4.71 Å². The van der Waals surface area contributed by atoms with Crippen LogP contribution in [0.3, 0.4) is 0 Å². The molecule has 0 unspecified atom stereocenters. The molecule has 42 valence electrons. The third kappa shape index (κ3) is 3.18. The molecule has 0 aliphatic rings. The molecule has 0 radical (unpaired) electrons. The molecule has 0 aliphatic carbocycles. The fourth-order valence-electron chi connectivity index (χ4n) is 0.0546. The standard InChI is InChI=1S/C5H11ClGe/c1-4-7(2,3)5-6/h4H,1,5H2,2-3H3. The Labute approximate surface area is 52.9 Å². The second-order valence-corrected chi connectivity index (χ2v) is 13.5. The van der Waals surface area contributed by atoms with Gasteiger partial charge in [0.1, 0.15) is 0 Å². The van der Waals surface area contributed by atoms with Gasteiger partial charge in [0.05, 0.1) is 0 Å². The summed E-state index contributed by atoms with van der Waals surface area (Å²) in [4.78, 5) is 2.05. The molecular weight excluding hydrogens is 168 g/mol. The monoisotopic (exact) mass is 180 g/mol. The first kappa shape index (κ1) is 7.57. The molecule has 0 heterocycles. The van der Waals surface area contributed by atoms with E-state index in [2.05, 4.69) is 18.1 Å². The van der Waals surface area contributed by atoms with Gasteiger partial charge in [0, 0.05) is 0 Å². The van der Waals surface area contributed by atoms with Gasteiger partial charge in [0.2, 0.25) is 0 Å². The fraction of sp³-hybridized carbons (Fsp3) is 0.600. The van der Waals surface area contributed by atoms with Gasteiger partial charge in [0.15, 0.2) is 0 Å². The molecule has 0 aromatic rings. The summed E-state index contributed by atoms with van der Waals surface area (Å²) < 4.78 is 0.837. The van der Waals surface area contributed by atoms with E-state index in [0.29, 0.717) is 0 Å². The molecule has 0 fully saturated rings. The van der Waals surface area contributed by atoms with Crippen molar-refractivity contribution in [3.05, 3.63) is 11.5 Å². The van der Waals surface area contributed by atoms with E-state index in [9.17, 15) is 0 Å². The van der Waals surface area contributed by atoms with E-state index < -0.39 is 13.3 Å². The Morgan fingerprint density at radius 1 is 1.71 bits per heavy atom. The van der Waals surface area contributed by atoms with Crippen molar-refractivity contribution in [1.29, 1.82) is 0 Å². The Kier molecular flexibility index (Phi) is 3.00. The predicted molar refractivity (Wildman–Crippen MR) is 38.4 cm³/mol. The van der Waals surface area contributed by atoms with Crippen LogP contribution in [-0.4, -0.2) is 18.0 Å². The molecule has 0 spiro atoms. The molecule has 0 saturated carbocycles. The van der Waals surface area contributed by atoms with Gasteiger partial charge < -0.3 is 0 Å². The van der Waals surface area contributed by atoms with Crippen LogP contribution < -0.4 is 0 Å². The summed E-state index contributed by atoms with van der Waals surface area (Å²) in [6.07, 6.45) is 0. The Hall–Kier alpha value is 0.573. The first-order valence-electron chi connectivity index (χ1n) is 2.32. The number of hydrogen-bond donors (Lipinski definition) is 0. The Morgan fingerprint density at radius 2 is 2.14 bits per heavy atom. The summed E-state index contributed by atoms with van der Waals surface area (Å²) in [7, 11) is 0. The average Bonchev–Trinajstić information content (AvgIpc) is 1.68. The second-order valence-electron chi connectivity index (χ2n) is 2.33. The van der Waals surface area contributed by atoms with Gasteiger partial charge in [0.25, 0.3) is 0 Å². The fourth-order valence-corrected chi connectivity index (χ4v) is 0.850. The van der Waals surface area contributed by atoms with E-state index in [1.807, 2.05) is 4.91 Å². The summed E-state index contributed by atoms with van der Waals surface area (Å²) in [6.45, 7) is 3.70. The Balaban J connectivity index is 3.58. The van der Waals surface area contributed by atoms with Gasteiger partial charge in [-0.25, -0.2) is 0 Å². The van der Waals surface area contributed by atoms with Gasteiger partial charge in [-0.05, 0) is 0 Å². The first-order valence-corrected chi connectivity index (χ1v) is 9.74. The SMILES string of the molecule is C=[CH][Ge]([CH3])([CH3])[CH2]Cl. The van der Waals surface area contributed by atoms with Crippen molar-refractivity contribution in [2.24, 2.45) is 0 Å². The van der Waals surface area contributed by atoms with Crippen LogP contribution in [0, 0.1) is 0 Å². The molecule has 0 saturated heterocycles. The van der Waals surface area contributed by atoms with E-state index >= 15 is 0 Å². The molecular formula is C5H11ClGe. The van der Waals surface area contributed by atoms with E-state index in [4.69, 9.17) is 11.6 Å². The maximum absolute atomic E-state index is 5.61. The molecule has 7 heavy (non-hydrogen) atoms. The molecule has 2 heteroatoms. The van der Waals surface area contributed by atoms with Crippen LogP contribution in [0.2, 0.25) is 11.5 Å². The van der Waals surface area contributed by atoms with E-state index in [1.54, 1.807) is 0 Å². The summed E-state index contributed by atoms with van der Waals surface area (Å²) in [5, 5.41) is 0. The number of hydrogen-bond acceptors (Lipinski definition) is 0. The molecule has 0 N–H and O–H groups in total. The van der Waals surface area contributed by atoms with Crippen LogP contribution in [-0.2, 0) is 0 Å². The van der Waals surface area contributed by atoms with Crippen LogP contribution in [0.5, 0.6) is 0 Å². The summed E-state index contributed by atoms with van der Waals surface area (Å²) in [5.41, 5.74) is 0. The van der Waals surface area contributed by atoms with Gasteiger partial charge >= 0.3 is 52.6 Å². The van der Waals surface area contributed by atoms with Crippen molar-refractivity contribution in [2.45, 2.75) is 11.5 Å². The zero-order valence-corrected chi connectivity index (χ0v) is 7.72. The normalized spacial score (nSPS) is 11.3. The third-order valence-electron chi connectivity index (χ3n) is 0.897. The average molecular weight is 179 g/mol. The van der Waals surface area contributed by atoms with Crippen LogP contribution in [0.4, 0.5) is 0 Å². The van der Waals surface area contributed by atoms with Crippen molar-refractivity contribution in [3.8, 4) is 0 Å². The summed E-state index contributed by atoms with van der Waals surface area (Å²) in [5.74, 6) is 4.47. The molecule has 0 atom stereocenters.